The van der Waals surface area contributed by atoms with Crippen LogP contribution in [-0.2, 0) is 4.52 Å². The minimum Gasteiger partial charge on any atom is -0.237 e. The van der Waals surface area contributed by atoms with Gasteiger partial charge in [0.2, 0.25) is 0 Å². The molecule has 0 aliphatic rings. The second-order valence-corrected chi connectivity index (χ2v) is 7.03. The normalized spacial score (nSPS) is 12.8. The molecule has 0 heterocycles. The molecule has 0 bridgehead atoms. The van der Waals surface area contributed by atoms with Crippen LogP contribution in [0.15, 0.2) is 0 Å². The van der Waals surface area contributed by atoms with Crippen molar-refractivity contribution in [3.8, 4) is 0 Å². The van der Waals surface area contributed by atoms with Crippen molar-refractivity contribution in [1.82, 2.24) is 0 Å². The zero-order valence-electron chi connectivity index (χ0n) is 6.43. The van der Waals surface area contributed by atoms with Crippen LogP contribution in [0.5, 0.6) is 0 Å². The van der Waals surface area contributed by atoms with Gasteiger partial charge in [-0.1, -0.05) is 0 Å². The van der Waals surface area contributed by atoms with E-state index in [2.05, 4.69) is 33.8 Å². The van der Waals surface area contributed by atoms with Gasteiger partial charge in [-0.3, -0.25) is 0 Å². The highest BCUT2D eigenvalue weighted by Gasteiger charge is 2.19. The van der Waals surface area contributed by atoms with Gasteiger partial charge < -0.3 is 0 Å². The van der Waals surface area contributed by atoms with Crippen LogP contribution in [0.25, 0.3) is 0 Å². The molecule has 0 rings (SSSR count). The van der Waals surface area contributed by atoms with Crippen LogP contribution in [0.1, 0.15) is 13.8 Å². The lowest BCUT2D eigenvalue weighted by molar-refractivity contribution is 0.266. The summed E-state index contributed by atoms with van der Waals surface area (Å²) < 4.78 is 5.55. The predicted octanol–water partition coefficient (Wildman–Crippen LogP) is 2.23. The molecule has 0 atom stereocenters. The molecule has 0 saturated carbocycles. The van der Waals surface area contributed by atoms with Crippen LogP contribution in [0, 0.1) is 0 Å². The van der Waals surface area contributed by atoms with Crippen molar-refractivity contribution in [3.05, 3.63) is 0 Å². The van der Waals surface area contributed by atoms with Gasteiger partial charge in [0.1, 0.15) is 7.49 Å². The summed E-state index contributed by atoms with van der Waals surface area (Å²) in [6.07, 6.45) is 0.392. The molecule has 0 aliphatic carbocycles. The molecule has 2 heteroatoms. The van der Waals surface area contributed by atoms with Gasteiger partial charge in [-0.15, -0.1) is 0 Å². The summed E-state index contributed by atoms with van der Waals surface area (Å²) >= 11 is 0. The maximum Gasteiger partial charge on any atom is 0.137 e. The SMILES string of the molecule is CC(C)O[P+](C)(C)C. The molecule has 8 heavy (non-hydrogen) atoms. The van der Waals surface area contributed by atoms with Gasteiger partial charge in [0, 0.05) is 0 Å². The van der Waals surface area contributed by atoms with Gasteiger partial charge in [0.25, 0.3) is 0 Å². The van der Waals surface area contributed by atoms with Gasteiger partial charge in [-0.2, -0.15) is 0 Å². The molecule has 0 aromatic carbocycles. The molecule has 1 nitrogen and oxygen atoms in total. The molecule has 0 aliphatic heterocycles. The standard InChI is InChI=1S/C6H16OP/c1-6(2)7-8(3,4)5/h6H,1-5H3/q+1. The Balaban J connectivity index is 3.39. The molecule has 0 unspecified atom stereocenters. The molecule has 0 aromatic rings. The smallest absolute Gasteiger partial charge is 0.137 e. The quantitative estimate of drug-likeness (QED) is 0.527. The highest BCUT2D eigenvalue weighted by molar-refractivity contribution is 7.69. The Labute approximate surface area is 52.8 Å². The molecule has 0 spiro atoms. The molecule has 0 amide bonds. The monoisotopic (exact) mass is 135 g/mol. The first-order valence-electron chi connectivity index (χ1n) is 2.91. The van der Waals surface area contributed by atoms with Crippen molar-refractivity contribution in [3.63, 3.8) is 0 Å². The Kier molecular flexibility index (Phi) is 2.93. The minimum absolute atomic E-state index is 0.392. The zero-order valence-corrected chi connectivity index (χ0v) is 7.33. The Morgan fingerprint density at radius 1 is 1.12 bits per heavy atom. The summed E-state index contributed by atoms with van der Waals surface area (Å²) in [6.45, 7) is 10.7. The maximum absolute atomic E-state index is 5.55. The van der Waals surface area contributed by atoms with Crippen LogP contribution >= 0.6 is 7.49 Å². The Morgan fingerprint density at radius 3 is 1.50 bits per heavy atom. The van der Waals surface area contributed by atoms with E-state index in [9.17, 15) is 0 Å². The summed E-state index contributed by atoms with van der Waals surface area (Å²) in [5.74, 6) is 0. The Morgan fingerprint density at radius 2 is 1.50 bits per heavy atom. The first-order valence-corrected chi connectivity index (χ1v) is 5.96. The molecule has 0 aromatic heterocycles. The summed E-state index contributed by atoms with van der Waals surface area (Å²) in [5, 5.41) is 0. The minimum atomic E-state index is -0.972. The van der Waals surface area contributed by atoms with Gasteiger partial charge >= 0.3 is 0 Å². The van der Waals surface area contributed by atoms with Crippen molar-refractivity contribution in [2.75, 3.05) is 20.0 Å². The molecule has 0 fully saturated rings. The van der Waals surface area contributed by atoms with Gasteiger partial charge in [0.15, 0.2) is 0 Å². The van der Waals surface area contributed by atoms with E-state index in [1.54, 1.807) is 0 Å². The lowest BCUT2D eigenvalue weighted by Gasteiger charge is -2.13. The van der Waals surface area contributed by atoms with E-state index < -0.39 is 7.49 Å². The van der Waals surface area contributed by atoms with Crippen molar-refractivity contribution in [1.29, 1.82) is 0 Å². The Bertz CT molecular complexity index is 63.4. The Hall–Kier alpha value is 0.390. The van der Waals surface area contributed by atoms with E-state index >= 15 is 0 Å². The van der Waals surface area contributed by atoms with E-state index in [-0.39, 0.29) is 0 Å². The lowest BCUT2D eigenvalue weighted by atomic mass is 10.5. The second kappa shape index (κ2) is 2.80. The van der Waals surface area contributed by atoms with Crippen LogP contribution in [0.3, 0.4) is 0 Å². The van der Waals surface area contributed by atoms with E-state index in [1.165, 1.54) is 0 Å². The maximum atomic E-state index is 5.55. The molecular weight excluding hydrogens is 119 g/mol. The van der Waals surface area contributed by atoms with Crippen molar-refractivity contribution < 1.29 is 4.52 Å². The largest absolute Gasteiger partial charge is 0.237 e. The summed E-state index contributed by atoms with van der Waals surface area (Å²) in [7, 11) is -0.972. The predicted molar refractivity (Wildman–Crippen MR) is 40.9 cm³/mol. The fraction of sp³-hybridized carbons (Fsp3) is 1.00. The molecule has 0 saturated heterocycles. The zero-order chi connectivity index (χ0) is 6.78. The second-order valence-electron chi connectivity index (χ2n) is 3.04. The number of rotatable bonds is 2. The van der Waals surface area contributed by atoms with E-state index in [0.29, 0.717) is 6.10 Å². The third-order valence-electron chi connectivity index (χ3n) is 0.527. The van der Waals surface area contributed by atoms with Crippen LogP contribution < -0.4 is 0 Å². The van der Waals surface area contributed by atoms with E-state index in [1.807, 2.05) is 0 Å². The molecular formula is C6H16OP+. The first kappa shape index (κ1) is 8.39. The van der Waals surface area contributed by atoms with Crippen LogP contribution in [0.4, 0.5) is 0 Å². The number of hydrogen-bond donors (Lipinski definition) is 0. The third-order valence-corrected chi connectivity index (χ3v) is 1.58. The van der Waals surface area contributed by atoms with E-state index in [0.717, 1.165) is 0 Å². The lowest BCUT2D eigenvalue weighted by Crippen LogP contribution is -2.01. The third kappa shape index (κ3) is 6.39. The van der Waals surface area contributed by atoms with Crippen molar-refractivity contribution in [2.24, 2.45) is 0 Å². The molecule has 0 radical (unpaired) electrons. The highest BCUT2D eigenvalue weighted by Crippen LogP contribution is 2.48. The van der Waals surface area contributed by atoms with Crippen LogP contribution in [0.2, 0.25) is 0 Å². The van der Waals surface area contributed by atoms with Gasteiger partial charge in [-0.05, 0) is 13.8 Å². The fourth-order valence-corrected chi connectivity index (χ4v) is 1.90. The van der Waals surface area contributed by atoms with Crippen LogP contribution in [-0.4, -0.2) is 26.1 Å². The van der Waals surface area contributed by atoms with Gasteiger partial charge in [0.05, 0.1) is 26.1 Å². The average molecular weight is 135 g/mol. The number of hydrogen-bond acceptors (Lipinski definition) is 1. The molecule has 0 N–H and O–H groups in total. The topological polar surface area (TPSA) is 9.23 Å². The average Bonchev–Trinajstić information content (AvgIpc) is 1.21. The van der Waals surface area contributed by atoms with Gasteiger partial charge in [-0.25, -0.2) is 4.52 Å². The molecule has 50 valence electrons. The van der Waals surface area contributed by atoms with Crippen molar-refractivity contribution >= 4 is 7.49 Å². The summed E-state index contributed by atoms with van der Waals surface area (Å²) in [4.78, 5) is 0. The first-order chi connectivity index (χ1) is 3.42. The fourth-order valence-electron chi connectivity index (χ4n) is 0.632. The van der Waals surface area contributed by atoms with E-state index in [4.69, 9.17) is 4.52 Å². The summed E-state index contributed by atoms with van der Waals surface area (Å²) in [6, 6.07) is 0. The summed E-state index contributed by atoms with van der Waals surface area (Å²) in [5.41, 5.74) is 0. The highest BCUT2D eigenvalue weighted by atomic mass is 31.2. The van der Waals surface area contributed by atoms with Crippen molar-refractivity contribution in [2.45, 2.75) is 20.0 Å².